The molecule has 1 aromatic rings. The van der Waals surface area contributed by atoms with E-state index >= 15 is 0 Å². The van der Waals surface area contributed by atoms with Gasteiger partial charge in [0.2, 0.25) is 5.91 Å². The molecule has 0 spiro atoms. The summed E-state index contributed by atoms with van der Waals surface area (Å²) < 4.78 is 4.49. The molecule has 0 saturated heterocycles. The Morgan fingerprint density at radius 1 is 1.20 bits per heavy atom. The molecule has 0 bridgehead atoms. The fourth-order valence-electron chi connectivity index (χ4n) is 1.94. The van der Waals surface area contributed by atoms with Crippen molar-refractivity contribution in [2.75, 3.05) is 17.7 Å². The van der Waals surface area contributed by atoms with Crippen LogP contribution in [-0.2, 0) is 9.53 Å². The van der Waals surface area contributed by atoms with Crippen LogP contribution in [0, 0.1) is 5.92 Å². The van der Waals surface area contributed by atoms with Crippen molar-refractivity contribution in [2.24, 2.45) is 11.7 Å². The lowest BCUT2D eigenvalue weighted by Crippen LogP contribution is -2.50. The summed E-state index contributed by atoms with van der Waals surface area (Å²) in [6.07, 6.45) is 1.47. The van der Waals surface area contributed by atoms with Crippen LogP contribution in [0.4, 0.5) is 16.2 Å². The first kappa shape index (κ1) is 14.3. The minimum atomic E-state index is -0.830. The van der Waals surface area contributed by atoms with Crippen molar-refractivity contribution in [1.82, 2.24) is 0 Å². The number of rotatable bonds is 4. The van der Waals surface area contributed by atoms with Crippen molar-refractivity contribution in [3.05, 3.63) is 24.3 Å². The minimum absolute atomic E-state index is 0.186. The molecule has 6 nitrogen and oxygen atoms in total. The van der Waals surface area contributed by atoms with E-state index in [1.165, 1.54) is 7.11 Å². The second kappa shape index (κ2) is 5.50. The average molecular weight is 277 g/mol. The molecule has 0 heterocycles. The van der Waals surface area contributed by atoms with E-state index in [2.05, 4.69) is 15.4 Å². The number of carbonyl (C=O) groups excluding carboxylic acids is 2. The highest BCUT2D eigenvalue weighted by Gasteiger charge is 2.44. The molecule has 1 saturated carbocycles. The third-order valence-corrected chi connectivity index (χ3v) is 3.49. The van der Waals surface area contributed by atoms with Crippen molar-refractivity contribution in [3.63, 3.8) is 0 Å². The van der Waals surface area contributed by atoms with Gasteiger partial charge in [0, 0.05) is 11.4 Å². The number of nitrogens with two attached hydrogens (primary N) is 1. The van der Waals surface area contributed by atoms with Gasteiger partial charge in [-0.05, 0) is 49.9 Å². The first-order chi connectivity index (χ1) is 9.43. The molecule has 4 N–H and O–H groups in total. The minimum Gasteiger partial charge on any atom is -0.453 e. The number of hydrogen-bond acceptors (Lipinski definition) is 4. The van der Waals surface area contributed by atoms with E-state index in [9.17, 15) is 9.59 Å². The number of ether oxygens (including phenoxy) is 1. The van der Waals surface area contributed by atoms with E-state index in [-0.39, 0.29) is 11.8 Å². The molecule has 1 atom stereocenters. The molecule has 0 aromatic heterocycles. The second-order valence-electron chi connectivity index (χ2n) is 5.21. The van der Waals surface area contributed by atoms with Gasteiger partial charge in [0.1, 0.15) is 0 Å². The van der Waals surface area contributed by atoms with Crippen LogP contribution in [0.2, 0.25) is 0 Å². The van der Waals surface area contributed by atoms with Crippen molar-refractivity contribution >= 4 is 23.4 Å². The summed E-state index contributed by atoms with van der Waals surface area (Å²) in [5.41, 5.74) is 6.44. The lowest BCUT2D eigenvalue weighted by molar-refractivity contribution is -0.121. The Morgan fingerprint density at radius 2 is 1.70 bits per heavy atom. The number of hydrogen-bond donors (Lipinski definition) is 3. The quantitative estimate of drug-likeness (QED) is 0.784. The Labute approximate surface area is 117 Å². The van der Waals surface area contributed by atoms with E-state index in [4.69, 9.17) is 5.73 Å². The molecule has 1 fully saturated rings. The molecule has 1 aromatic carbocycles. The van der Waals surface area contributed by atoms with Crippen LogP contribution in [0.15, 0.2) is 24.3 Å². The van der Waals surface area contributed by atoms with Crippen LogP contribution in [-0.4, -0.2) is 24.6 Å². The number of nitrogens with one attached hydrogen (secondary N) is 2. The van der Waals surface area contributed by atoms with Crippen LogP contribution in [0.25, 0.3) is 0 Å². The molecular weight excluding hydrogens is 258 g/mol. The molecule has 2 amide bonds. The van der Waals surface area contributed by atoms with E-state index in [0.717, 1.165) is 12.8 Å². The molecule has 2 rings (SSSR count). The molecule has 6 heteroatoms. The van der Waals surface area contributed by atoms with Crippen LogP contribution < -0.4 is 16.4 Å². The highest BCUT2D eigenvalue weighted by molar-refractivity contribution is 5.98. The second-order valence-corrected chi connectivity index (χ2v) is 5.21. The Kier molecular flexibility index (Phi) is 3.94. The fraction of sp³-hybridized carbons (Fsp3) is 0.429. The topological polar surface area (TPSA) is 93.5 Å². The first-order valence-electron chi connectivity index (χ1n) is 6.49. The number of amides is 2. The van der Waals surface area contributed by atoms with Crippen molar-refractivity contribution in [1.29, 1.82) is 0 Å². The summed E-state index contributed by atoms with van der Waals surface area (Å²) in [5, 5.41) is 5.32. The van der Waals surface area contributed by atoms with Gasteiger partial charge in [-0.15, -0.1) is 0 Å². The number of methoxy groups -OCH3 is 1. The van der Waals surface area contributed by atoms with E-state index in [0.29, 0.717) is 11.4 Å². The van der Waals surface area contributed by atoms with Gasteiger partial charge < -0.3 is 15.8 Å². The maximum atomic E-state index is 12.1. The molecule has 0 aliphatic heterocycles. The summed E-state index contributed by atoms with van der Waals surface area (Å²) in [6.45, 7) is 1.76. The maximum absolute atomic E-state index is 12.1. The third-order valence-electron chi connectivity index (χ3n) is 3.49. The van der Waals surface area contributed by atoms with Gasteiger partial charge in [-0.2, -0.15) is 0 Å². The third kappa shape index (κ3) is 3.27. The van der Waals surface area contributed by atoms with Crippen LogP contribution in [0.5, 0.6) is 0 Å². The van der Waals surface area contributed by atoms with Gasteiger partial charge in [0.05, 0.1) is 12.6 Å². The molecule has 1 aliphatic rings. The van der Waals surface area contributed by atoms with E-state index < -0.39 is 11.6 Å². The predicted octanol–water partition coefficient (Wildman–Crippen LogP) is 1.93. The van der Waals surface area contributed by atoms with Gasteiger partial charge in [0.25, 0.3) is 0 Å². The Balaban J connectivity index is 1.96. The summed E-state index contributed by atoms with van der Waals surface area (Å²) in [6, 6.07) is 6.76. The van der Waals surface area contributed by atoms with Crippen LogP contribution >= 0.6 is 0 Å². The molecule has 1 unspecified atom stereocenters. The lowest BCUT2D eigenvalue weighted by Gasteiger charge is -2.23. The Hall–Kier alpha value is -2.08. The van der Waals surface area contributed by atoms with Crippen molar-refractivity contribution in [2.45, 2.75) is 25.3 Å². The van der Waals surface area contributed by atoms with Gasteiger partial charge in [0.15, 0.2) is 0 Å². The standard InChI is InChI=1S/C14H19N3O3/c1-14(15,9-3-4-9)12(18)16-10-5-7-11(8-6-10)17-13(19)20-2/h5-9H,3-4,15H2,1-2H3,(H,16,18)(H,17,19). The van der Waals surface area contributed by atoms with E-state index in [1.807, 2.05) is 0 Å². The zero-order valence-corrected chi connectivity index (χ0v) is 11.6. The van der Waals surface area contributed by atoms with Crippen LogP contribution in [0.1, 0.15) is 19.8 Å². The molecule has 1 aliphatic carbocycles. The largest absolute Gasteiger partial charge is 0.453 e. The summed E-state index contributed by atoms with van der Waals surface area (Å²) in [5.74, 6) is 0.0800. The zero-order chi connectivity index (χ0) is 14.8. The summed E-state index contributed by atoms with van der Waals surface area (Å²) >= 11 is 0. The van der Waals surface area contributed by atoms with Gasteiger partial charge in [-0.1, -0.05) is 0 Å². The van der Waals surface area contributed by atoms with Crippen molar-refractivity contribution in [3.8, 4) is 0 Å². The molecule has 0 radical (unpaired) electrons. The number of anilines is 2. The molecule has 108 valence electrons. The van der Waals surface area contributed by atoms with Gasteiger partial charge in [-0.3, -0.25) is 10.1 Å². The first-order valence-corrected chi connectivity index (χ1v) is 6.49. The average Bonchev–Trinajstić information content (AvgIpc) is 3.25. The SMILES string of the molecule is COC(=O)Nc1ccc(NC(=O)C(C)(N)C2CC2)cc1. The smallest absolute Gasteiger partial charge is 0.411 e. The van der Waals surface area contributed by atoms with Crippen LogP contribution in [0.3, 0.4) is 0 Å². The predicted molar refractivity (Wildman–Crippen MR) is 76.4 cm³/mol. The monoisotopic (exact) mass is 277 g/mol. The zero-order valence-electron chi connectivity index (χ0n) is 11.6. The van der Waals surface area contributed by atoms with E-state index in [1.54, 1.807) is 31.2 Å². The maximum Gasteiger partial charge on any atom is 0.411 e. The summed E-state index contributed by atoms with van der Waals surface area (Å²) in [4.78, 5) is 23.1. The summed E-state index contributed by atoms with van der Waals surface area (Å²) in [7, 11) is 1.30. The Morgan fingerprint density at radius 3 is 2.15 bits per heavy atom. The molecule has 20 heavy (non-hydrogen) atoms. The Bertz CT molecular complexity index is 507. The fourth-order valence-corrected chi connectivity index (χ4v) is 1.94. The number of benzene rings is 1. The number of carbonyl (C=O) groups is 2. The lowest BCUT2D eigenvalue weighted by atomic mass is 9.96. The highest BCUT2D eigenvalue weighted by Crippen LogP contribution is 2.38. The van der Waals surface area contributed by atoms with Crippen molar-refractivity contribution < 1.29 is 14.3 Å². The van der Waals surface area contributed by atoms with Gasteiger partial charge >= 0.3 is 6.09 Å². The normalized spacial score (nSPS) is 16.9. The molecular formula is C14H19N3O3. The highest BCUT2D eigenvalue weighted by atomic mass is 16.5. The van der Waals surface area contributed by atoms with Gasteiger partial charge in [-0.25, -0.2) is 4.79 Å².